The van der Waals surface area contributed by atoms with Gasteiger partial charge in [-0.05, 0) is 36.8 Å². The van der Waals surface area contributed by atoms with E-state index < -0.39 is 17.5 Å². The molecule has 0 radical (unpaired) electrons. The lowest BCUT2D eigenvalue weighted by molar-refractivity contribution is 0.0998. The van der Waals surface area contributed by atoms with Crippen LogP contribution in [0.1, 0.15) is 30.1 Å². The fourth-order valence-corrected chi connectivity index (χ4v) is 3.54. The Morgan fingerprint density at radius 2 is 1.96 bits per heavy atom. The molecule has 1 aromatic heterocycles. The van der Waals surface area contributed by atoms with E-state index >= 15 is 0 Å². The van der Waals surface area contributed by atoms with Gasteiger partial charge in [-0.25, -0.2) is 8.78 Å². The molecule has 0 fully saturated rings. The predicted octanol–water partition coefficient (Wildman–Crippen LogP) is 4.44. The van der Waals surface area contributed by atoms with Gasteiger partial charge in [0.25, 0.3) is 5.91 Å². The summed E-state index contributed by atoms with van der Waals surface area (Å²) in [6.45, 7) is 2.72. The van der Waals surface area contributed by atoms with Gasteiger partial charge in [-0.3, -0.25) is 4.79 Å². The van der Waals surface area contributed by atoms with E-state index in [4.69, 9.17) is 4.74 Å². The van der Waals surface area contributed by atoms with Crippen LogP contribution >= 0.6 is 11.3 Å². The minimum Gasteiger partial charge on any atom is -0.494 e. The Morgan fingerprint density at radius 1 is 1.23 bits per heavy atom. The van der Waals surface area contributed by atoms with Gasteiger partial charge in [-0.1, -0.05) is 24.7 Å². The monoisotopic (exact) mass is 376 g/mol. The number of benzene rings is 2. The highest BCUT2D eigenvalue weighted by Crippen LogP contribution is 2.21. The van der Waals surface area contributed by atoms with Crippen LogP contribution < -0.4 is 9.54 Å². The maximum absolute atomic E-state index is 14.0. The van der Waals surface area contributed by atoms with Gasteiger partial charge in [0, 0.05) is 18.7 Å². The van der Waals surface area contributed by atoms with Crippen molar-refractivity contribution in [2.75, 3.05) is 6.61 Å². The summed E-state index contributed by atoms with van der Waals surface area (Å²) in [5.74, 6) is -1.09. The largest absolute Gasteiger partial charge is 0.494 e. The first-order chi connectivity index (χ1) is 12.5. The summed E-state index contributed by atoms with van der Waals surface area (Å²) in [4.78, 5) is 16.7. The van der Waals surface area contributed by atoms with E-state index in [1.807, 2.05) is 0 Å². The van der Waals surface area contributed by atoms with Crippen molar-refractivity contribution in [1.29, 1.82) is 0 Å². The second-order valence-electron chi connectivity index (χ2n) is 5.82. The maximum Gasteiger partial charge on any atom is 0.279 e. The Kier molecular flexibility index (Phi) is 5.46. The lowest BCUT2D eigenvalue weighted by atomic mass is 10.2. The standard InChI is InChI=1S/C19H18F2N2O2S/c1-3-4-9-25-14-7-5-12(6-8-14)18(24)22-19-23(2)17-15(21)10-13(20)11-16(17)26-19/h5-8,10-11H,3-4,9H2,1-2H3. The third-order valence-corrected chi connectivity index (χ3v) is 4.96. The lowest BCUT2D eigenvalue weighted by Gasteiger charge is -2.05. The molecule has 0 spiro atoms. The number of carbonyl (C=O) groups excluding carboxylic acids is 1. The number of thiazole rings is 1. The summed E-state index contributed by atoms with van der Waals surface area (Å²) in [6, 6.07) is 8.77. The number of aryl methyl sites for hydroxylation is 1. The zero-order chi connectivity index (χ0) is 18.7. The molecule has 1 amide bonds. The highest BCUT2D eigenvalue weighted by Gasteiger charge is 2.12. The van der Waals surface area contributed by atoms with Crippen molar-refractivity contribution in [2.24, 2.45) is 12.0 Å². The van der Waals surface area contributed by atoms with E-state index in [9.17, 15) is 13.6 Å². The summed E-state index contributed by atoms with van der Waals surface area (Å²) < 4.78 is 34.7. The van der Waals surface area contributed by atoms with Crippen molar-refractivity contribution in [3.8, 4) is 5.75 Å². The van der Waals surface area contributed by atoms with Crippen LogP contribution in [0.3, 0.4) is 0 Å². The molecule has 0 saturated heterocycles. The number of fused-ring (bicyclic) bond motifs is 1. The van der Waals surface area contributed by atoms with E-state index in [1.165, 1.54) is 10.6 Å². The van der Waals surface area contributed by atoms with Crippen LogP contribution in [0.25, 0.3) is 10.2 Å². The topological polar surface area (TPSA) is 43.6 Å². The number of rotatable bonds is 5. The van der Waals surface area contributed by atoms with Crippen LogP contribution in [-0.2, 0) is 7.05 Å². The van der Waals surface area contributed by atoms with E-state index in [0.29, 0.717) is 27.4 Å². The lowest BCUT2D eigenvalue weighted by Crippen LogP contribution is -2.13. The van der Waals surface area contributed by atoms with Crippen LogP contribution in [-0.4, -0.2) is 17.1 Å². The van der Waals surface area contributed by atoms with Crippen molar-refractivity contribution < 1.29 is 18.3 Å². The van der Waals surface area contributed by atoms with Crippen molar-refractivity contribution >= 4 is 27.5 Å². The minimum atomic E-state index is -0.679. The number of unbranched alkanes of at least 4 members (excludes halogenated alkanes) is 1. The molecule has 1 heterocycles. The van der Waals surface area contributed by atoms with Gasteiger partial charge in [0.15, 0.2) is 10.6 Å². The summed E-state index contributed by atoms with van der Waals surface area (Å²) in [7, 11) is 1.59. The molecule has 7 heteroatoms. The summed E-state index contributed by atoms with van der Waals surface area (Å²) >= 11 is 1.06. The SMILES string of the molecule is CCCCOc1ccc(C(=O)N=c2sc3cc(F)cc(F)c3n2C)cc1. The molecule has 0 N–H and O–H groups in total. The van der Waals surface area contributed by atoms with Crippen LogP contribution in [0.15, 0.2) is 41.4 Å². The zero-order valence-electron chi connectivity index (χ0n) is 14.5. The summed E-state index contributed by atoms with van der Waals surface area (Å²) in [6.07, 6.45) is 2.02. The number of hydrogen-bond acceptors (Lipinski definition) is 3. The predicted molar refractivity (Wildman–Crippen MR) is 97.5 cm³/mol. The highest BCUT2D eigenvalue weighted by molar-refractivity contribution is 7.16. The van der Waals surface area contributed by atoms with E-state index in [-0.39, 0.29) is 5.52 Å². The first kappa shape index (κ1) is 18.3. The number of nitrogens with zero attached hydrogens (tertiary/aromatic N) is 2. The number of carbonyl (C=O) groups is 1. The van der Waals surface area contributed by atoms with Gasteiger partial charge in [0.2, 0.25) is 0 Å². The molecule has 3 rings (SSSR count). The van der Waals surface area contributed by atoms with E-state index in [0.717, 1.165) is 30.2 Å². The molecule has 2 aromatic carbocycles. The van der Waals surface area contributed by atoms with Crippen LogP contribution in [0.2, 0.25) is 0 Å². The summed E-state index contributed by atoms with van der Waals surface area (Å²) in [5, 5.41) is 0. The number of hydrogen-bond donors (Lipinski definition) is 0. The fraction of sp³-hybridized carbons (Fsp3) is 0.263. The average Bonchev–Trinajstić information content (AvgIpc) is 2.91. The molecule has 3 aromatic rings. The molecule has 26 heavy (non-hydrogen) atoms. The minimum absolute atomic E-state index is 0.225. The molecule has 0 unspecified atom stereocenters. The van der Waals surface area contributed by atoms with Gasteiger partial charge < -0.3 is 9.30 Å². The smallest absolute Gasteiger partial charge is 0.279 e. The first-order valence-corrected chi connectivity index (χ1v) is 9.07. The number of aromatic nitrogens is 1. The Hall–Kier alpha value is -2.54. The second-order valence-corrected chi connectivity index (χ2v) is 6.83. The second kappa shape index (κ2) is 7.78. The maximum atomic E-state index is 14.0. The van der Waals surface area contributed by atoms with Gasteiger partial charge in [0.05, 0.1) is 16.8 Å². The summed E-state index contributed by atoms with van der Waals surface area (Å²) in [5.41, 5.74) is 0.625. The normalized spacial score (nSPS) is 11.9. The molecule has 0 atom stereocenters. The fourth-order valence-electron chi connectivity index (χ4n) is 2.49. The Balaban J connectivity index is 1.88. The molecule has 0 aliphatic carbocycles. The van der Waals surface area contributed by atoms with Crippen LogP contribution in [0.5, 0.6) is 5.75 Å². The molecule has 0 aliphatic heterocycles. The molecule has 136 valence electrons. The van der Waals surface area contributed by atoms with Crippen molar-refractivity contribution in [2.45, 2.75) is 19.8 Å². The van der Waals surface area contributed by atoms with Crippen molar-refractivity contribution in [3.05, 3.63) is 58.4 Å². The van der Waals surface area contributed by atoms with Crippen molar-refractivity contribution in [1.82, 2.24) is 4.57 Å². The molecule has 0 saturated carbocycles. The van der Waals surface area contributed by atoms with Gasteiger partial charge in [0.1, 0.15) is 11.6 Å². The quantitative estimate of drug-likeness (QED) is 0.618. The molecule has 0 aliphatic rings. The Morgan fingerprint density at radius 3 is 2.65 bits per heavy atom. The zero-order valence-corrected chi connectivity index (χ0v) is 15.3. The molecule has 4 nitrogen and oxygen atoms in total. The number of ether oxygens (including phenoxy) is 1. The third kappa shape index (κ3) is 3.83. The van der Waals surface area contributed by atoms with Gasteiger partial charge in [-0.2, -0.15) is 4.99 Å². The van der Waals surface area contributed by atoms with Crippen LogP contribution in [0.4, 0.5) is 8.78 Å². The molecule has 0 bridgehead atoms. The number of halogens is 2. The average molecular weight is 376 g/mol. The first-order valence-electron chi connectivity index (χ1n) is 8.26. The van der Waals surface area contributed by atoms with Crippen LogP contribution in [0, 0.1) is 11.6 Å². The van der Waals surface area contributed by atoms with E-state index in [1.54, 1.807) is 31.3 Å². The van der Waals surface area contributed by atoms with Crippen molar-refractivity contribution in [3.63, 3.8) is 0 Å². The number of amides is 1. The van der Waals surface area contributed by atoms with E-state index in [2.05, 4.69) is 11.9 Å². The molecular formula is C19H18F2N2O2S. The Bertz CT molecular complexity index is 1010. The molecular weight excluding hydrogens is 358 g/mol. The van der Waals surface area contributed by atoms with Gasteiger partial charge in [-0.15, -0.1) is 0 Å². The highest BCUT2D eigenvalue weighted by atomic mass is 32.1. The Labute approximate surface area is 153 Å². The third-order valence-electron chi connectivity index (χ3n) is 3.88. The van der Waals surface area contributed by atoms with Gasteiger partial charge >= 0.3 is 0 Å².